The van der Waals surface area contributed by atoms with Gasteiger partial charge < -0.3 is 10.4 Å². The van der Waals surface area contributed by atoms with Crippen molar-refractivity contribution in [2.75, 3.05) is 12.3 Å². The summed E-state index contributed by atoms with van der Waals surface area (Å²) in [5, 5.41) is 11.4. The van der Waals surface area contributed by atoms with Crippen LogP contribution < -0.4 is 5.32 Å². The number of carboxylic acids is 1. The van der Waals surface area contributed by atoms with Crippen molar-refractivity contribution in [1.29, 1.82) is 0 Å². The van der Waals surface area contributed by atoms with Crippen LogP contribution in [0.15, 0.2) is 40.8 Å². The lowest BCUT2D eigenvalue weighted by Gasteiger charge is -2.09. The molecule has 0 aromatic heterocycles. The maximum Gasteiger partial charge on any atom is 0.303 e. The van der Waals surface area contributed by atoms with Crippen LogP contribution in [-0.2, 0) is 4.79 Å². The zero-order valence-corrected chi connectivity index (χ0v) is 13.9. The van der Waals surface area contributed by atoms with E-state index in [4.69, 9.17) is 5.11 Å². The van der Waals surface area contributed by atoms with E-state index in [2.05, 4.69) is 25.2 Å². The van der Waals surface area contributed by atoms with Gasteiger partial charge in [0.05, 0.1) is 5.56 Å². The first-order valence-electron chi connectivity index (χ1n) is 7.36. The molecule has 0 fully saturated rings. The number of hydrogen-bond acceptors (Lipinski definition) is 3. The number of allylic oxidation sites excluding steroid dienone is 1. The summed E-state index contributed by atoms with van der Waals surface area (Å²) in [4.78, 5) is 23.6. The molecule has 0 aliphatic carbocycles. The number of benzene rings is 1. The molecule has 0 spiro atoms. The lowest BCUT2D eigenvalue weighted by Crippen LogP contribution is -2.25. The topological polar surface area (TPSA) is 66.4 Å². The molecule has 0 bridgehead atoms. The van der Waals surface area contributed by atoms with Gasteiger partial charge in [-0.05, 0) is 38.8 Å². The average molecular weight is 321 g/mol. The molecule has 5 heteroatoms. The smallest absolute Gasteiger partial charge is 0.303 e. The van der Waals surface area contributed by atoms with Gasteiger partial charge in [-0.15, -0.1) is 11.8 Å². The highest BCUT2D eigenvalue weighted by Gasteiger charge is 2.10. The molecule has 22 heavy (non-hydrogen) atoms. The van der Waals surface area contributed by atoms with Crippen LogP contribution in [0.5, 0.6) is 0 Å². The van der Waals surface area contributed by atoms with Crippen molar-refractivity contribution in [2.45, 2.75) is 38.0 Å². The molecule has 0 radical (unpaired) electrons. The highest BCUT2D eigenvalue weighted by molar-refractivity contribution is 7.99. The van der Waals surface area contributed by atoms with E-state index in [9.17, 15) is 9.59 Å². The molecular formula is C17H23NO3S. The zero-order valence-electron chi connectivity index (χ0n) is 13.1. The number of carbonyl (C=O) groups is 2. The Morgan fingerprint density at radius 1 is 1.23 bits per heavy atom. The minimum Gasteiger partial charge on any atom is -0.481 e. The van der Waals surface area contributed by atoms with Crippen molar-refractivity contribution in [1.82, 2.24) is 5.32 Å². The number of carboxylic acid groups (broad SMARTS) is 1. The van der Waals surface area contributed by atoms with E-state index >= 15 is 0 Å². The molecule has 120 valence electrons. The van der Waals surface area contributed by atoms with Crippen LogP contribution in [0.2, 0.25) is 0 Å². The average Bonchev–Trinajstić information content (AvgIpc) is 2.46. The number of thioether (sulfide) groups is 1. The van der Waals surface area contributed by atoms with Gasteiger partial charge >= 0.3 is 5.97 Å². The molecule has 1 aromatic rings. The van der Waals surface area contributed by atoms with Crippen molar-refractivity contribution in [2.24, 2.45) is 0 Å². The largest absolute Gasteiger partial charge is 0.481 e. The normalized spacial score (nSPS) is 10.1. The van der Waals surface area contributed by atoms with Gasteiger partial charge in [0.25, 0.3) is 5.91 Å². The van der Waals surface area contributed by atoms with Gasteiger partial charge in [-0.2, -0.15) is 0 Å². The predicted molar refractivity (Wildman–Crippen MR) is 90.4 cm³/mol. The Morgan fingerprint density at radius 2 is 1.95 bits per heavy atom. The highest BCUT2D eigenvalue weighted by Crippen LogP contribution is 2.23. The number of hydrogen-bond donors (Lipinski definition) is 2. The number of rotatable bonds is 9. The molecule has 0 heterocycles. The standard InChI is InChI=1S/C17H23NO3S/c1-13(2)10-12-22-15-8-4-3-7-14(15)17(21)18-11-6-5-9-16(19)20/h3-4,7-8,10H,5-6,9,11-12H2,1-2H3,(H,18,21)(H,19,20). The quantitative estimate of drug-likeness (QED) is 0.413. The monoisotopic (exact) mass is 321 g/mol. The predicted octanol–water partition coefficient (Wildman–Crippen LogP) is 3.73. The summed E-state index contributed by atoms with van der Waals surface area (Å²) >= 11 is 1.64. The van der Waals surface area contributed by atoms with E-state index < -0.39 is 5.97 Å². The molecular weight excluding hydrogens is 298 g/mol. The van der Waals surface area contributed by atoms with Gasteiger partial charge in [-0.25, -0.2) is 0 Å². The van der Waals surface area contributed by atoms with E-state index in [1.54, 1.807) is 11.8 Å². The molecule has 1 amide bonds. The fourth-order valence-electron chi connectivity index (χ4n) is 1.78. The van der Waals surface area contributed by atoms with Gasteiger partial charge in [-0.3, -0.25) is 9.59 Å². The highest BCUT2D eigenvalue weighted by atomic mass is 32.2. The minimum atomic E-state index is -0.799. The molecule has 0 saturated carbocycles. The summed E-state index contributed by atoms with van der Waals surface area (Å²) in [5.41, 5.74) is 1.93. The summed E-state index contributed by atoms with van der Waals surface area (Å²) in [7, 11) is 0. The number of unbranched alkanes of at least 4 members (excludes halogenated alkanes) is 1. The second-order valence-electron chi connectivity index (χ2n) is 5.20. The number of carbonyl (C=O) groups excluding carboxylic acids is 1. The van der Waals surface area contributed by atoms with Crippen molar-refractivity contribution < 1.29 is 14.7 Å². The molecule has 0 aliphatic heterocycles. The summed E-state index contributed by atoms with van der Waals surface area (Å²) < 4.78 is 0. The summed E-state index contributed by atoms with van der Waals surface area (Å²) in [6.07, 6.45) is 3.52. The maximum atomic E-state index is 12.2. The third-order valence-electron chi connectivity index (χ3n) is 2.97. The SMILES string of the molecule is CC(C)=CCSc1ccccc1C(=O)NCCCCC(=O)O. The van der Waals surface area contributed by atoms with Crippen LogP contribution in [0.3, 0.4) is 0 Å². The first kappa shape index (κ1) is 18.3. The Balaban J connectivity index is 2.50. The van der Waals surface area contributed by atoms with Gasteiger partial charge in [0, 0.05) is 23.6 Å². The second-order valence-corrected chi connectivity index (χ2v) is 6.26. The van der Waals surface area contributed by atoms with Crippen LogP contribution in [0.25, 0.3) is 0 Å². The Hall–Kier alpha value is -1.75. The maximum absolute atomic E-state index is 12.2. The lowest BCUT2D eigenvalue weighted by atomic mass is 10.2. The second kappa shape index (κ2) is 10.1. The van der Waals surface area contributed by atoms with E-state index in [0.717, 1.165) is 10.6 Å². The van der Waals surface area contributed by atoms with Crippen molar-refractivity contribution in [3.63, 3.8) is 0 Å². The van der Waals surface area contributed by atoms with E-state index in [-0.39, 0.29) is 12.3 Å². The van der Waals surface area contributed by atoms with Crippen LogP contribution in [0.1, 0.15) is 43.5 Å². The molecule has 4 nitrogen and oxygen atoms in total. The van der Waals surface area contributed by atoms with Crippen LogP contribution in [0, 0.1) is 0 Å². The number of amides is 1. The molecule has 0 aliphatic rings. The van der Waals surface area contributed by atoms with Gasteiger partial charge in [0.1, 0.15) is 0 Å². The fourth-order valence-corrected chi connectivity index (χ4v) is 2.86. The van der Waals surface area contributed by atoms with Gasteiger partial charge in [-0.1, -0.05) is 23.8 Å². The molecule has 0 saturated heterocycles. The van der Waals surface area contributed by atoms with Crippen LogP contribution >= 0.6 is 11.8 Å². The van der Waals surface area contributed by atoms with E-state index in [1.165, 1.54) is 5.57 Å². The number of nitrogens with one attached hydrogen (secondary N) is 1. The summed E-state index contributed by atoms with van der Waals surface area (Å²) in [6, 6.07) is 7.54. The molecule has 0 atom stereocenters. The molecule has 1 rings (SSSR count). The summed E-state index contributed by atoms with van der Waals surface area (Å²) in [6.45, 7) is 4.60. The molecule has 0 unspecified atom stereocenters. The summed E-state index contributed by atoms with van der Waals surface area (Å²) in [5.74, 6) is -0.0615. The van der Waals surface area contributed by atoms with Gasteiger partial charge in [0.2, 0.25) is 0 Å². The van der Waals surface area contributed by atoms with Crippen molar-refractivity contribution in [3.8, 4) is 0 Å². The first-order valence-corrected chi connectivity index (χ1v) is 8.34. The van der Waals surface area contributed by atoms with Crippen LogP contribution in [0.4, 0.5) is 0 Å². The van der Waals surface area contributed by atoms with Gasteiger partial charge in [0.15, 0.2) is 0 Å². The Morgan fingerprint density at radius 3 is 2.64 bits per heavy atom. The fraction of sp³-hybridized carbons (Fsp3) is 0.412. The van der Waals surface area contributed by atoms with Crippen molar-refractivity contribution in [3.05, 3.63) is 41.5 Å². The Kier molecular flexibility index (Phi) is 8.36. The van der Waals surface area contributed by atoms with E-state index in [0.29, 0.717) is 24.9 Å². The van der Waals surface area contributed by atoms with E-state index in [1.807, 2.05) is 24.3 Å². The van der Waals surface area contributed by atoms with Crippen molar-refractivity contribution >= 4 is 23.6 Å². The third-order valence-corrected chi connectivity index (χ3v) is 3.97. The molecule has 2 N–H and O–H groups in total. The molecule has 1 aromatic carbocycles. The Bertz CT molecular complexity index is 536. The zero-order chi connectivity index (χ0) is 16.4. The minimum absolute atomic E-state index is 0.101. The number of aliphatic carboxylic acids is 1. The first-order chi connectivity index (χ1) is 10.5. The lowest BCUT2D eigenvalue weighted by molar-refractivity contribution is -0.137. The third kappa shape index (κ3) is 7.31. The Labute approximate surface area is 136 Å². The van der Waals surface area contributed by atoms with Crippen LogP contribution in [-0.4, -0.2) is 29.3 Å².